The number of hydrogen-bond donors (Lipinski definition) is 1. The average molecular weight is 173 g/mol. The summed E-state index contributed by atoms with van der Waals surface area (Å²) in [4.78, 5) is 7.75. The van der Waals surface area contributed by atoms with Gasteiger partial charge >= 0.3 is 0 Å². The van der Waals surface area contributed by atoms with Gasteiger partial charge in [0.2, 0.25) is 0 Å². The molecule has 3 heteroatoms. The molecule has 3 nitrogen and oxygen atoms in total. The first-order valence-electron chi connectivity index (χ1n) is 3.87. The van der Waals surface area contributed by atoms with Crippen LogP contribution in [0.2, 0.25) is 0 Å². The molecule has 0 unspecified atom stereocenters. The average Bonchev–Trinajstić information content (AvgIpc) is 2.15. The molecule has 0 saturated heterocycles. The predicted molar refractivity (Wildman–Crippen MR) is 53.6 cm³/mol. The summed E-state index contributed by atoms with van der Waals surface area (Å²) in [5.74, 6) is 0. The fraction of sp³-hybridized carbons (Fsp3) is 0.100. The first-order valence-corrected chi connectivity index (χ1v) is 3.87. The summed E-state index contributed by atoms with van der Waals surface area (Å²) in [6.07, 6.45) is 7.91. The summed E-state index contributed by atoms with van der Waals surface area (Å²) >= 11 is 0. The molecule has 0 fully saturated rings. The van der Waals surface area contributed by atoms with Crippen LogP contribution in [0.15, 0.2) is 36.9 Å². The lowest BCUT2D eigenvalue weighted by molar-refractivity contribution is 1.16. The van der Waals surface area contributed by atoms with Gasteiger partial charge in [-0.05, 0) is 6.92 Å². The molecule has 0 aliphatic carbocycles. The summed E-state index contributed by atoms with van der Waals surface area (Å²) in [5, 5.41) is 7.20. The monoisotopic (exact) mass is 173 g/mol. The molecular formula is C10H11N3. The van der Waals surface area contributed by atoms with Crippen LogP contribution in [0.4, 0.5) is 0 Å². The van der Waals surface area contributed by atoms with E-state index in [1.807, 2.05) is 13.0 Å². The topological polar surface area (TPSA) is 49.6 Å². The maximum atomic E-state index is 7.20. The van der Waals surface area contributed by atoms with Crippen LogP contribution in [-0.2, 0) is 0 Å². The number of rotatable bonds is 3. The molecular weight excluding hydrogens is 162 g/mol. The Balaban J connectivity index is 3.05. The van der Waals surface area contributed by atoms with Gasteiger partial charge in [-0.25, -0.2) is 9.97 Å². The summed E-state index contributed by atoms with van der Waals surface area (Å²) in [7, 11) is 0. The van der Waals surface area contributed by atoms with Crippen LogP contribution in [0.25, 0.3) is 5.57 Å². The van der Waals surface area contributed by atoms with E-state index in [0.717, 1.165) is 16.7 Å². The smallest absolute Gasteiger partial charge is 0.115 e. The molecule has 0 aromatic carbocycles. The number of aromatic nitrogens is 2. The van der Waals surface area contributed by atoms with Crippen LogP contribution in [0.1, 0.15) is 12.5 Å². The maximum absolute atomic E-state index is 7.20. The normalized spacial score (nSPS) is 11.0. The van der Waals surface area contributed by atoms with E-state index in [-0.39, 0.29) is 0 Å². The zero-order chi connectivity index (χ0) is 9.68. The van der Waals surface area contributed by atoms with E-state index in [4.69, 9.17) is 5.41 Å². The molecule has 0 radical (unpaired) electrons. The Morgan fingerprint density at radius 3 is 2.54 bits per heavy atom. The van der Waals surface area contributed by atoms with Gasteiger partial charge in [0, 0.05) is 29.7 Å². The highest BCUT2D eigenvalue weighted by atomic mass is 14.8. The standard InChI is InChI=1S/C10H11N3/c1-8(2)3-9(4-11)10-5-12-7-13-6-10/h3-7,11H,1H2,2H3/b9-3+,11-4?. The third-order valence-electron chi connectivity index (χ3n) is 1.45. The molecule has 1 heterocycles. The van der Waals surface area contributed by atoms with E-state index in [2.05, 4.69) is 16.5 Å². The highest BCUT2D eigenvalue weighted by Crippen LogP contribution is 2.10. The number of allylic oxidation sites excluding steroid dienone is 3. The molecule has 0 spiro atoms. The number of nitrogens with one attached hydrogen (secondary N) is 1. The van der Waals surface area contributed by atoms with E-state index in [9.17, 15) is 0 Å². The van der Waals surface area contributed by atoms with Crippen LogP contribution < -0.4 is 0 Å². The highest BCUT2D eigenvalue weighted by molar-refractivity contribution is 6.08. The Labute approximate surface area is 77.4 Å². The predicted octanol–water partition coefficient (Wildman–Crippen LogP) is 2.09. The van der Waals surface area contributed by atoms with Gasteiger partial charge in [0.25, 0.3) is 0 Å². The van der Waals surface area contributed by atoms with Crippen LogP contribution in [0.3, 0.4) is 0 Å². The molecule has 0 saturated carbocycles. The van der Waals surface area contributed by atoms with E-state index in [0.29, 0.717) is 0 Å². The zero-order valence-corrected chi connectivity index (χ0v) is 7.49. The quantitative estimate of drug-likeness (QED) is 0.562. The van der Waals surface area contributed by atoms with Crippen LogP contribution in [-0.4, -0.2) is 16.2 Å². The van der Waals surface area contributed by atoms with Crippen molar-refractivity contribution in [1.82, 2.24) is 9.97 Å². The summed E-state index contributed by atoms with van der Waals surface area (Å²) in [5.41, 5.74) is 2.51. The molecule has 0 amide bonds. The molecule has 0 aliphatic rings. The molecule has 13 heavy (non-hydrogen) atoms. The van der Waals surface area contributed by atoms with Gasteiger partial charge in [0.05, 0.1) is 0 Å². The fourth-order valence-electron chi connectivity index (χ4n) is 0.922. The van der Waals surface area contributed by atoms with Crippen molar-refractivity contribution in [2.45, 2.75) is 6.92 Å². The van der Waals surface area contributed by atoms with Crippen molar-refractivity contribution in [3.63, 3.8) is 0 Å². The van der Waals surface area contributed by atoms with Crippen LogP contribution in [0, 0.1) is 5.41 Å². The molecule has 66 valence electrons. The summed E-state index contributed by atoms with van der Waals surface area (Å²) in [6, 6.07) is 0. The number of hydrogen-bond acceptors (Lipinski definition) is 3. The maximum Gasteiger partial charge on any atom is 0.115 e. The Hall–Kier alpha value is -1.77. The Kier molecular flexibility index (Phi) is 3.09. The van der Waals surface area contributed by atoms with Crippen molar-refractivity contribution < 1.29 is 0 Å². The fourth-order valence-corrected chi connectivity index (χ4v) is 0.922. The lowest BCUT2D eigenvalue weighted by atomic mass is 10.1. The van der Waals surface area contributed by atoms with E-state index in [1.54, 1.807) is 12.4 Å². The van der Waals surface area contributed by atoms with E-state index < -0.39 is 0 Å². The van der Waals surface area contributed by atoms with Crippen molar-refractivity contribution >= 4 is 11.8 Å². The van der Waals surface area contributed by atoms with Crippen molar-refractivity contribution in [3.05, 3.63) is 42.5 Å². The third-order valence-corrected chi connectivity index (χ3v) is 1.45. The SMILES string of the molecule is C=C(C)/C=C(\C=N)c1cncnc1. The summed E-state index contributed by atoms with van der Waals surface area (Å²) < 4.78 is 0. The minimum Gasteiger partial charge on any atom is -0.308 e. The molecule has 1 rings (SSSR count). The van der Waals surface area contributed by atoms with Crippen molar-refractivity contribution in [3.8, 4) is 0 Å². The van der Waals surface area contributed by atoms with E-state index in [1.165, 1.54) is 12.5 Å². The minimum absolute atomic E-state index is 0.771. The van der Waals surface area contributed by atoms with Gasteiger partial charge in [0.15, 0.2) is 0 Å². The summed E-state index contributed by atoms with van der Waals surface area (Å²) in [6.45, 7) is 5.63. The van der Waals surface area contributed by atoms with Gasteiger partial charge < -0.3 is 5.41 Å². The van der Waals surface area contributed by atoms with E-state index >= 15 is 0 Å². The Morgan fingerprint density at radius 2 is 2.08 bits per heavy atom. The first kappa shape index (κ1) is 9.32. The molecule has 0 atom stereocenters. The third kappa shape index (κ3) is 2.63. The van der Waals surface area contributed by atoms with Gasteiger partial charge in [-0.3, -0.25) is 0 Å². The Bertz CT molecular complexity index is 338. The second-order valence-corrected chi connectivity index (χ2v) is 2.72. The highest BCUT2D eigenvalue weighted by Gasteiger charge is 1.97. The minimum atomic E-state index is 0.771. The van der Waals surface area contributed by atoms with Crippen molar-refractivity contribution in [2.24, 2.45) is 0 Å². The largest absolute Gasteiger partial charge is 0.308 e. The molecule has 0 bridgehead atoms. The van der Waals surface area contributed by atoms with Crippen molar-refractivity contribution in [1.29, 1.82) is 5.41 Å². The van der Waals surface area contributed by atoms with Crippen LogP contribution >= 0.6 is 0 Å². The lowest BCUT2D eigenvalue weighted by Gasteiger charge is -1.98. The molecule has 1 aromatic rings. The lowest BCUT2D eigenvalue weighted by Crippen LogP contribution is -1.88. The number of nitrogens with zero attached hydrogens (tertiary/aromatic N) is 2. The second kappa shape index (κ2) is 4.30. The Morgan fingerprint density at radius 1 is 1.46 bits per heavy atom. The van der Waals surface area contributed by atoms with Gasteiger partial charge in [-0.2, -0.15) is 0 Å². The van der Waals surface area contributed by atoms with Gasteiger partial charge in [0.1, 0.15) is 6.33 Å². The second-order valence-electron chi connectivity index (χ2n) is 2.72. The molecule has 1 N–H and O–H groups in total. The van der Waals surface area contributed by atoms with Crippen LogP contribution in [0.5, 0.6) is 0 Å². The molecule has 1 aromatic heterocycles. The van der Waals surface area contributed by atoms with Gasteiger partial charge in [-0.15, -0.1) is 0 Å². The zero-order valence-electron chi connectivity index (χ0n) is 7.49. The molecule has 0 aliphatic heterocycles. The van der Waals surface area contributed by atoms with Gasteiger partial charge in [-0.1, -0.05) is 18.2 Å². The first-order chi connectivity index (χ1) is 6.24. The van der Waals surface area contributed by atoms with Crippen molar-refractivity contribution in [2.75, 3.05) is 0 Å².